The number of fused-ring (bicyclic) bond motifs is 1. The summed E-state index contributed by atoms with van der Waals surface area (Å²) in [7, 11) is 1.26. The maximum absolute atomic E-state index is 11.9. The minimum Gasteiger partial charge on any atom is -0.505 e. The number of aromatic hydroxyl groups is 1. The highest BCUT2D eigenvalue weighted by molar-refractivity contribution is 6.30. The molecular weight excluding hydrogens is 340 g/mol. The molecule has 0 aromatic heterocycles. The van der Waals surface area contributed by atoms with Gasteiger partial charge in [0.25, 0.3) is 0 Å². The molecule has 25 heavy (non-hydrogen) atoms. The van der Waals surface area contributed by atoms with E-state index in [-0.39, 0.29) is 17.0 Å². The lowest BCUT2D eigenvalue weighted by molar-refractivity contribution is 0.0597. The first kappa shape index (κ1) is 16.9. The molecule has 0 saturated carbocycles. The molecule has 3 rings (SSSR count). The largest absolute Gasteiger partial charge is 0.505 e. The van der Waals surface area contributed by atoms with Crippen LogP contribution in [-0.2, 0) is 4.74 Å². The van der Waals surface area contributed by atoms with Crippen molar-refractivity contribution in [2.24, 2.45) is 10.2 Å². The Morgan fingerprint density at radius 3 is 2.60 bits per heavy atom. The van der Waals surface area contributed by atoms with Gasteiger partial charge in [0.2, 0.25) is 0 Å². The SMILES string of the molecule is COC(=O)c1cc2ccccc2c(N=Nc2ccc(Cl)cc2C)c1O. The van der Waals surface area contributed by atoms with E-state index >= 15 is 0 Å². The average Bonchev–Trinajstić information content (AvgIpc) is 2.61. The van der Waals surface area contributed by atoms with E-state index in [4.69, 9.17) is 16.3 Å². The Morgan fingerprint density at radius 1 is 1.12 bits per heavy atom. The Balaban J connectivity index is 2.18. The molecule has 0 fully saturated rings. The zero-order chi connectivity index (χ0) is 18.0. The van der Waals surface area contributed by atoms with Crippen molar-refractivity contribution in [2.75, 3.05) is 7.11 Å². The van der Waals surface area contributed by atoms with E-state index in [2.05, 4.69) is 10.2 Å². The highest BCUT2D eigenvalue weighted by Crippen LogP contribution is 2.39. The lowest BCUT2D eigenvalue weighted by Crippen LogP contribution is -2.01. The van der Waals surface area contributed by atoms with Gasteiger partial charge >= 0.3 is 5.97 Å². The van der Waals surface area contributed by atoms with Crippen molar-refractivity contribution >= 4 is 39.7 Å². The molecule has 3 aromatic rings. The summed E-state index contributed by atoms with van der Waals surface area (Å²) in [5, 5.41) is 21.0. The Hall–Kier alpha value is -2.92. The minimum absolute atomic E-state index is 0.0444. The molecular formula is C19H15ClN2O3. The number of hydrogen-bond acceptors (Lipinski definition) is 5. The summed E-state index contributed by atoms with van der Waals surface area (Å²) in [4.78, 5) is 11.9. The van der Waals surface area contributed by atoms with Gasteiger partial charge < -0.3 is 9.84 Å². The molecule has 0 bridgehead atoms. The van der Waals surface area contributed by atoms with Crippen LogP contribution < -0.4 is 0 Å². The summed E-state index contributed by atoms with van der Waals surface area (Å²) in [5.41, 5.74) is 1.73. The highest BCUT2D eigenvalue weighted by atomic mass is 35.5. The molecule has 5 nitrogen and oxygen atoms in total. The fraction of sp³-hybridized carbons (Fsp3) is 0.105. The number of rotatable bonds is 3. The molecule has 0 heterocycles. The van der Waals surface area contributed by atoms with Crippen LogP contribution in [0.1, 0.15) is 15.9 Å². The highest BCUT2D eigenvalue weighted by Gasteiger charge is 2.18. The number of ether oxygens (including phenoxy) is 1. The number of halogens is 1. The summed E-state index contributed by atoms with van der Waals surface area (Å²) >= 11 is 5.95. The summed E-state index contributed by atoms with van der Waals surface area (Å²) in [6.45, 7) is 1.86. The van der Waals surface area contributed by atoms with E-state index in [1.165, 1.54) is 7.11 Å². The number of methoxy groups -OCH3 is 1. The van der Waals surface area contributed by atoms with Crippen LogP contribution in [0.15, 0.2) is 58.8 Å². The van der Waals surface area contributed by atoms with E-state index in [0.717, 1.165) is 10.9 Å². The maximum Gasteiger partial charge on any atom is 0.341 e. The quantitative estimate of drug-likeness (QED) is 0.483. The number of benzene rings is 3. The Morgan fingerprint density at radius 2 is 1.88 bits per heavy atom. The van der Waals surface area contributed by atoms with Gasteiger partial charge in [-0.25, -0.2) is 4.79 Å². The number of esters is 1. The van der Waals surface area contributed by atoms with Crippen molar-refractivity contribution in [3.8, 4) is 5.75 Å². The lowest BCUT2D eigenvalue weighted by atomic mass is 10.0. The maximum atomic E-state index is 11.9. The van der Waals surface area contributed by atoms with Gasteiger partial charge in [0.1, 0.15) is 11.3 Å². The summed E-state index contributed by atoms with van der Waals surface area (Å²) in [5.74, 6) is -0.900. The molecule has 3 aromatic carbocycles. The second-order valence-corrected chi connectivity index (χ2v) is 5.90. The molecule has 0 saturated heterocycles. The number of aryl methyl sites for hydroxylation is 1. The standard InChI is InChI=1S/C19H15ClN2O3/c1-11-9-13(20)7-8-16(11)21-22-17-14-6-4-3-5-12(14)10-15(18(17)23)19(24)25-2/h3-10,23H,1-2H3. The number of hydrogen-bond donors (Lipinski definition) is 1. The van der Waals surface area contributed by atoms with Gasteiger partial charge in [-0.15, -0.1) is 5.11 Å². The number of phenolic OH excluding ortho intramolecular Hbond substituents is 1. The molecule has 0 radical (unpaired) electrons. The van der Waals surface area contributed by atoms with E-state index in [1.807, 2.05) is 25.1 Å². The molecule has 126 valence electrons. The third kappa shape index (κ3) is 3.32. The first-order valence-corrected chi connectivity index (χ1v) is 7.90. The molecule has 0 amide bonds. The molecule has 0 aliphatic carbocycles. The van der Waals surface area contributed by atoms with Crippen LogP contribution >= 0.6 is 11.6 Å². The summed E-state index contributed by atoms with van der Waals surface area (Å²) in [6, 6.07) is 14.1. The predicted octanol–water partition coefficient (Wildman–Crippen LogP) is 5.71. The fourth-order valence-corrected chi connectivity index (χ4v) is 2.75. The Kier molecular flexibility index (Phi) is 4.67. The monoisotopic (exact) mass is 354 g/mol. The van der Waals surface area contributed by atoms with E-state index in [0.29, 0.717) is 16.1 Å². The molecule has 1 N–H and O–H groups in total. The van der Waals surface area contributed by atoms with Gasteiger partial charge in [-0.1, -0.05) is 35.9 Å². The minimum atomic E-state index is -0.637. The molecule has 0 spiro atoms. The van der Waals surface area contributed by atoms with Crippen LogP contribution in [-0.4, -0.2) is 18.2 Å². The lowest BCUT2D eigenvalue weighted by Gasteiger charge is -2.09. The van der Waals surface area contributed by atoms with Crippen molar-refractivity contribution in [2.45, 2.75) is 6.92 Å². The number of carbonyl (C=O) groups excluding carboxylic acids is 1. The van der Waals surface area contributed by atoms with Crippen molar-refractivity contribution in [1.29, 1.82) is 0 Å². The summed E-state index contributed by atoms with van der Waals surface area (Å²) in [6.07, 6.45) is 0. The molecule has 0 aliphatic heterocycles. The number of azo groups is 1. The van der Waals surface area contributed by atoms with Crippen molar-refractivity contribution in [3.63, 3.8) is 0 Å². The van der Waals surface area contributed by atoms with Crippen LogP contribution in [0.2, 0.25) is 5.02 Å². The van der Waals surface area contributed by atoms with E-state index in [9.17, 15) is 9.90 Å². The molecule has 0 unspecified atom stereocenters. The van der Waals surface area contributed by atoms with Gasteiger partial charge in [-0.2, -0.15) is 5.11 Å². The van der Waals surface area contributed by atoms with E-state index < -0.39 is 5.97 Å². The average molecular weight is 355 g/mol. The third-order valence-corrected chi connectivity index (χ3v) is 4.05. The van der Waals surface area contributed by atoms with Gasteiger partial charge in [0.05, 0.1) is 12.8 Å². The Labute approximate surface area is 149 Å². The normalized spacial score (nSPS) is 11.2. The Bertz CT molecular complexity index is 999. The van der Waals surface area contributed by atoms with Crippen LogP contribution in [0, 0.1) is 6.92 Å². The van der Waals surface area contributed by atoms with Gasteiger partial charge in [-0.05, 0) is 42.1 Å². The van der Waals surface area contributed by atoms with Gasteiger partial charge in [-0.3, -0.25) is 0 Å². The zero-order valence-corrected chi connectivity index (χ0v) is 14.4. The smallest absolute Gasteiger partial charge is 0.341 e. The first-order valence-electron chi connectivity index (χ1n) is 7.52. The number of phenols is 1. The molecule has 6 heteroatoms. The van der Waals surface area contributed by atoms with Crippen LogP contribution in [0.4, 0.5) is 11.4 Å². The molecule has 0 atom stereocenters. The summed E-state index contributed by atoms with van der Waals surface area (Å²) < 4.78 is 4.73. The first-order chi connectivity index (χ1) is 12.0. The predicted molar refractivity (Wildman–Crippen MR) is 97.3 cm³/mol. The van der Waals surface area contributed by atoms with Crippen molar-refractivity contribution in [3.05, 3.63) is 64.7 Å². The third-order valence-electron chi connectivity index (χ3n) is 3.82. The van der Waals surface area contributed by atoms with Gasteiger partial charge in [0, 0.05) is 10.4 Å². The second kappa shape index (κ2) is 6.91. The number of carbonyl (C=O) groups is 1. The van der Waals surface area contributed by atoms with Crippen molar-refractivity contribution in [1.82, 2.24) is 0 Å². The van der Waals surface area contributed by atoms with Crippen LogP contribution in [0.25, 0.3) is 10.8 Å². The van der Waals surface area contributed by atoms with Crippen molar-refractivity contribution < 1.29 is 14.6 Å². The topological polar surface area (TPSA) is 71.2 Å². The zero-order valence-electron chi connectivity index (χ0n) is 13.7. The number of nitrogens with zero attached hydrogens (tertiary/aromatic N) is 2. The van der Waals surface area contributed by atoms with E-state index in [1.54, 1.807) is 30.3 Å². The van der Waals surface area contributed by atoms with Crippen LogP contribution in [0.5, 0.6) is 5.75 Å². The fourth-order valence-electron chi connectivity index (χ4n) is 2.52. The second-order valence-electron chi connectivity index (χ2n) is 5.46. The van der Waals surface area contributed by atoms with Gasteiger partial charge in [0.15, 0.2) is 5.75 Å². The van der Waals surface area contributed by atoms with Crippen LogP contribution in [0.3, 0.4) is 0 Å². The molecule has 0 aliphatic rings.